The highest BCUT2D eigenvalue weighted by Gasteiger charge is 2.28. The molecule has 0 aromatic carbocycles. The predicted molar refractivity (Wildman–Crippen MR) is 291 cm³/mol. The molecule has 0 spiro atoms. The lowest BCUT2D eigenvalue weighted by atomic mass is 10.0. The molecule has 8 nitrogen and oxygen atoms in total. The first kappa shape index (κ1) is 66.5. The van der Waals surface area contributed by atoms with Gasteiger partial charge >= 0.3 is 7.82 Å². The molecule has 0 heterocycles. The van der Waals surface area contributed by atoms with E-state index in [-0.39, 0.29) is 19.1 Å². The van der Waals surface area contributed by atoms with Crippen LogP contribution in [-0.2, 0) is 18.4 Å². The number of quaternary nitrogens is 1. The zero-order valence-electron chi connectivity index (χ0n) is 45.9. The highest BCUT2D eigenvalue weighted by molar-refractivity contribution is 7.47. The van der Waals surface area contributed by atoms with Crippen molar-refractivity contribution in [3.63, 3.8) is 0 Å². The van der Waals surface area contributed by atoms with Gasteiger partial charge < -0.3 is 19.8 Å². The second-order valence-corrected chi connectivity index (χ2v) is 23.5. The number of aliphatic hydroxyl groups is 1. The number of carbonyl (C=O) groups is 1. The first-order chi connectivity index (χ1) is 32.5. The van der Waals surface area contributed by atoms with Crippen LogP contribution in [0, 0.1) is 0 Å². The lowest BCUT2D eigenvalue weighted by Gasteiger charge is -2.26. The standard InChI is InChI=1S/C58H119N2O6P/c1-6-8-10-12-13-14-15-16-17-18-19-20-21-22-23-24-25-26-27-28-29-30-31-32-33-34-35-36-37-38-39-40-41-42-43-44-45-46-47-48-50-52-58(62)59-56(57(61)51-49-11-9-7-2)55-66-67(63,64)65-54-53-60(3,4)5/h56-57,61H,6-55H2,1-5H3,(H-,59,62,63,64)/p+1. The summed E-state index contributed by atoms with van der Waals surface area (Å²) in [6.07, 6.45) is 61.5. The van der Waals surface area contributed by atoms with Crippen LogP contribution < -0.4 is 5.32 Å². The van der Waals surface area contributed by atoms with Gasteiger partial charge in [-0.1, -0.05) is 296 Å². The summed E-state index contributed by atoms with van der Waals surface area (Å²) in [6.45, 7) is 4.80. The molecule has 1 amide bonds. The van der Waals surface area contributed by atoms with Crippen LogP contribution in [0.3, 0.4) is 0 Å². The highest BCUT2D eigenvalue weighted by Crippen LogP contribution is 2.43. The van der Waals surface area contributed by atoms with E-state index in [1.165, 1.54) is 244 Å². The number of carbonyl (C=O) groups excluding carboxylic acids is 1. The molecule has 0 aliphatic rings. The minimum atomic E-state index is -4.29. The average Bonchev–Trinajstić information content (AvgIpc) is 3.29. The zero-order valence-corrected chi connectivity index (χ0v) is 46.8. The maximum absolute atomic E-state index is 12.8. The van der Waals surface area contributed by atoms with Gasteiger partial charge in [0.05, 0.1) is 39.9 Å². The van der Waals surface area contributed by atoms with Gasteiger partial charge in [-0.15, -0.1) is 0 Å². The summed E-state index contributed by atoms with van der Waals surface area (Å²) in [6, 6.07) is -0.751. The Labute approximate surface area is 419 Å². The van der Waals surface area contributed by atoms with Crippen molar-refractivity contribution < 1.29 is 32.9 Å². The van der Waals surface area contributed by atoms with Crippen LogP contribution in [0.1, 0.15) is 316 Å². The second-order valence-electron chi connectivity index (χ2n) is 22.1. The summed E-state index contributed by atoms with van der Waals surface area (Å²) in [5.74, 6) is -0.147. The fourth-order valence-electron chi connectivity index (χ4n) is 9.40. The lowest BCUT2D eigenvalue weighted by Crippen LogP contribution is -2.46. The van der Waals surface area contributed by atoms with Crippen molar-refractivity contribution in [1.82, 2.24) is 5.32 Å². The van der Waals surface area contributed by atoms with E-state index in [9.17, 15) is 19.4 Å². The van der Waals surface area contributed by atoms with Gasteiger partial charge in [-0.25, -0.2) is 4.57 Å². The maximum atomic E-state index is 12.8. The largest absolute Gasteiger partial charge is 0.472 e. The Kier molecular flexibility index (Phi) is 50.1. The molecule has 3 unspecified atom stereocenters. The Morgan fingerprint density at radius 1 is 0.448 bits per heavy atom. The fraction of sp³-hybridized carbons (Fsp3) is 0.983. The molecule has 0 aliphatic heterocycles. The van der Waals surface area contributed by atoms with Crippen molar-refractivity contribution in [3.8, 4) is 0 Å². The maximum Gasteiger partial charge on any atom is 0.472 e. The van der Waals surface area contributed by atoms with Crippen LogP contribution in [-0.4, -0.2) is 73.4 Å². The number of amides is 1. The molecule has 0 aromatic heterocycles. The topological polar surface area (TPSA) is 105 Å². The molecule has 3 atom stereocenters. The Bertz CT molecular complexity index is 1060. The van der Waals surface area contributed by atoms with Gasteiger partial charge in [-0.05, 0) is 12.8 Å². The van der Waals surface area contributed by atoms with Crippen molar-refractivity contribution in [2.75, 3.05) is 40.9 Å². The molecule has 0 radical (unpaired) electrons. The first-order valence-corrected chi connectivity index (χ1v) is 31.4. The van der Waals surface area contributed by atoms with Gasteiger partial charge in [-0.3, -0.25) is 13.8 Å². The van der Waals surface area contributed by atoms with E-state index >= 15 is 0 Å². The smallest absolute Gasteiger partial charge is 0.391 e. The molecular formula is C58H120N2O6P+. The van der Waals surface area contributed by atoms with Crippen LogP contribution >= 0.6 is 7.82 Å². The summed E-state index contributed by atoms with van der Waals surface area (Å²) in [4.78, 5) is 23.0. The Morgan fingerprint density at radius 3 is 1.00 bits per heavy atom. The van der Waals surface area contributed by atoms with Gasteiger partial charge in [0.15, 0.2) is 0 Å². The number of unbranched alkanes of at least 4 members (excludes halogenated alkanes) is 43. The lowest BCUT2D eigenvalue weighted by molar-refractivity contribution is -0.870. The van der Waals surface area contributed by atoms with Crippen LogP contribution in [0.2, 0.25) is 0 Å². The Hall–Kier alpha value is -0.500. The van der Waals surface area contributed by atoms with Crippen LogP contribution in [0.4, 0.5) is 0 Å². The third kappa shape index (κ3) is 53.1. The first-order valence-electron chi connectivity index (χ1n) is 29.9. The van der Waals surface area contributed by atoms with E-state index in [1.807, 2.05) is 21.1 Å². The van der Waals surface area contributed by atoms with Crippen LogP contribution in [0.15, 0.2) is 0 Å². The summed E-state index contributed by atoms with van der Waals surface area (Å²) < 4.78 is 23.4. The van der Waals surface area contributed by atoms with Gasteiger partial charge in [0.1, 0.15) is 13.2 Å². The SMILES string of the molecule is CCCCCCCCCCCCCCCCCCCCCCCCCCCCCCCCCCCCCCCCCCCC(=O)NC(COP(=O)(O)OCC[N+](C)(C)C)C(O)CCCCCC. The van der Waals surface area contributed by atoms with Crippen molar-refractivity contribution in [2.45, 2.75) is 328 Å². The van der Waals surface area contributed by atoms with Crippen molar-refractivity contribution in [3.05, 3.63) is 0 Å². The summed E-state index contributed by atoms with van der Waals surface area (Å²) in [5.41, 5.74) is 0. The molecule has 3 N–H and O–H groups in total. The zero-order chi connectivity index (χ0) is 49.2. The minimum absolute atomic E-state index is 0.0771. The number of nitrogens with one attached hydrogen (secondary N) is 1. The van der Waals surface area contributed by atoms with E-state index in [0.29, 0.717) is 23.9 Å². The molecule has 0 fully saturated rings. The minimum Gasteiger partial charge on any atom is -0.391 e. The quantitative estimate of drug-likeness (QED) is 0.0319. The third-order valence-corrected chi connectivity index (χ3v) is 15.1. The van der Waals surface area contributed by atoms with E-state index in [1.54, 1.807) is 0 Å². The summed E-state index contributed by atoms with van der Waals surface area (Å²) >= 11 is 0. The van der Waals surface area contributed by atoms with Crippen molar-refractivity contribution in [2.24, 2.45) is 0 Å². The summed E-state index contributed by atoms with van der Waals surface area (Å²) in [7, 11) is 1.63. The van der Waals surface area contributed by atoms with Gasteiger partial charge in [-0.2, -0.15) is 0 Å². The molecule has 402 valence electrons. The molecule has 67 heavy (non-hydrogen) atoms. The number of likely N-dealkylation sites (N-methyl/N-ethyl adjacent to an activating group) is 1. The Morgan fingerprint density at radius 2 is 0.716 bits per heavy atom. The van der Waals surface area contributed by atoms with Gasteiger partial charge in [0.25, 0.3) is 0 Å². The number of rotatable bonds is 56. The van der Waals surface area contributed by atoms with Crippen molar-refractivity contribution in [1.29, 1.82) is 0 Å². The van der Waals surface area contributed by atoms with Gasteiger partial charge in [0.2, 0.25) is 5.91 Å². The number of hydrogen-bond donors (Lipinski definition) is 3. The molecule has 0 saturated heterocycles. The van der Waals surface area contributed by atoms with Crippen molar-refractivity contribution >= 4 is 13.7 Å². The molecule has 0 bridgehead atoms. The highest BCUT2D eigenvalue weighted by atomic mass is 31.2. The normalized spacial score (nSPS) is 13.8. The second kappa shape index (κ2) is 50.4. The van der Waals surface area contributed by atoms with E-state index in [0.717, 1.165) is 44.9 Å². The number of hydrogen-bond acceptors (Lipinski definition) is 5. The molecule has 0 aliphatic carbocycles. The molecule has 0 saturated carbocycles. The third-order valence-electron chi connectivity index (χ3n) is 14.1. The molecular weight excluding hydrogens is 852 g/mol. The molecule has 0 rings (SSSR count). The van der Waals surface area contributed by atoms with Crippen LogP contribution in [0.5, 0.6) is 0 Å². The number of nitrogens with zero attached hydrogens (tertiary/aromatic N) is 1. The predicted octanol–water partition coefficient (Wildman–Crippen LogP) is 18.0. The van der Waals surface area contributed by atoms with E-state index in [2.05, 4.69) is 19.2 Å². The number of phosphoric ester groups is 1. The number of phosphoric acid groups is 1. The van der Waals surface area contributed by atoms with Gasteiger partial charge in [0, 0.05) is 6.42 Å². The average molecular weight is 973 g/mol. The van der Waals surface area contributed by atoms with Crippen LogP contribution in [0.25, 0.3) is 0 Å². The monoisotopic (exact) mass is 972 g/mol. The van der Waals surface area contributed by atoms with E-state index < -0.39 is 20.0 Å². The van der Waals surface area contributed by atoms with E-state index in [4.69, 9.17) is 9.05 Å². The Balaban J connectivity index is 3.54. The fourth-order valence-corrected chi connectivity index (χ4v) is 10.1. The molecule has 9 heteroatoms. The molecule has 0 aromatic rings. The summed E-state index contributed by atoms with van der Waals surface area (Å²) in [5, 5.41) is 13.7. The number of aliphatic hydroxyl groups excluding tert-OH is 1.